The van der Waals surface area contributed by atoms with E-state index in [1.807, 2.05) is 11.8 Å². The molecule has 0 amide bonds. The maximum Gasteiger partial charge on any atom is 0.103 e. The quantitative estimate of drug-likeness (QED) is 0.811. The Morgan fingerprint density at radius 1 is 1.56 bits per heavy atom. The molecule has 4 heteroatoms. The summed E-state index contributed by atoms with van der Waals surface area (Å²) in [5.41, 5.74) is 1.26. The fourth-order valence-electron chi connectivity index (χ4n) is 1.46. The summed E-state index contributed by atoms with van der Waals surface area (Å²) >= 11 is 3.77. The summed E-state index contributed by atoms with van der Waals surface area (Å²) in [5, 5.41) is 7.71. The molecule has 0 aromatic carbocycles. The van der Waals surface area contributed by atoms with Crippen molar-refractivity contribution in [1.82, 2.24) is 10.3 Å². The Hall–Kier alpha value is -0.0600. The van der Waals surface area contributed by atoms with Gasteiger partial charge in [-0.2, -0.15) is 11.8 Å². The standard InChI is InChI=1S/C12H20N2S2/c1-9(2)15-8-12-14-11(7-16-12)5-6-13-10-3-4-10/h7,9-10,13H,3-6,8H2,1-2H3. The number of hydrogen-bond donors (Lipinski definition) is 1. The minimum Gasteiger partial charge on any atom is -0.314 e. The van der Waals surface area contributed by atoms with Gasteiger partial charge < -0.3 is 5.32 Å². The Morgan fingerprint density at radius 2 is 2.38 bits per heavy atom. The van der Waals surface area contributed by atoms with Crippen molar-refractivity contribution in [2.24, 2.45) is 0 Å². The van der Waals surface area contributed by atoms with E-state index in [1.54, 1.807) is 11.3 Å². The van der Waals surface area contributed by atoms with Crippen LogP contribution in [-0.4, -0.2) is 22.8 Å². The zero-order valence-electron chi connectivity index (χ0n) is 10.0. The average molecular weight is 256 g/mol. The number of nitrogens with zero attached hydrogens (tertiary/aromatic N) is 1. The number of aromatic nitrogens is 1. The van der Waals surface area contributed by atoms with Crippen LogP contribution in [0.1, 0.15) is 37.4 Å². The number of nitrogens with one attached hydrogen (secondary N) is 1. The first-order valence-electron chi connectivity index (χ1n) is 6.02. The lowest BCUT2D eigenvalue weighted by molar-refractivity contribution is 0.676. The maximum atomic E-state index is 4.66. The van der Waals surface area contributed by atoms with E-state index in [0.29, 0.717) is 5.25 Å². The van der Waals surface area contributed by atoms with Crippen LogP contribution in [0.15, 0.2) is 5.38 Å². The summed E-state index contributed by atoms with van der Waals surface area (Å²) in [6.07, 6.45) is 3.82. The topological polar surface area (TPSA) is 24.9 Å². The van der Waals surface area contributed by atoms with Crippen molar-refractivity contribution in [2.75, 3.05) is 6.54 Å². The summed E-state index contributed by atoms with van der Waals surface area (Å²) in [5.74, 6) is 1.07. The van der Waals surface area contributed by atoms with Gasteiger partial charge in [-0.1, -0.05) is 13.8 Å². The third-order valence-electron chi connectivity index (χ3n) is 2.53. The molecule has 0 saturated heterocycles. The minimum absolute atomic E-state index is 0.698. The summed E-state index contributed by atoms with van der Waals surface area (Å²) < 4.78 is 0. The molecule has 1 aliphatic carbocycles. The molecule has 2 rings (SSSR count). The first-order chi connectivity index (χ1) is 7.74. The molecular weight excluding hydrogens is 236 g/mol. The lowest BCUT2D eigenvalue weighted by Crippen LogP contribution is -2.19. The molecule has 16 heavy (non-hydrogen) atoms. The van der Waals surface area contributed by atoms with Crippen LogP contribution >= 0.6 is 23.1 Å². The molecule has 1 aromatic heterocycles. The molecule has 90 valence electrons. The zero-order valence-corrected chi connectivity index (χ0v) is 11.7. The Bertz CT molecular complexity index is 319. The molecular formula is C12H20N2S2. The van der Waals surface area contributed by atoms with E-state index in [2.05, 4.69) is 29.5 Å². The van der Waals surface area contributed by atoms with Gasteiger partial charge in [-0.05, 0) is 18.1 Å². The SMILES string of the molecule is CC(C)SCc1nc(CCNC2CC2)cs1. The monoisotopic (exact) mass is 256 g/mol. The minimum atomic E-state index is 0.698. The normalized spacial score (nSPS) is 15.9. The first-order valence-corrected chi connectivity index (χ1v) is 7.95. The highest BCUT2D eigenvalue weighted by Gasteiger charge is 2.19. The van der Waals surface area contributed by atoms with Gasteiger partial charge in [-0.3, -0.25) is 0 Å². The van der Waals surface area contributed by atoms with E-state index in [9.17, 15) is 0 Å². The molecule has 1 aromatic rings. The smallest absolute Gasteiger partial charge is 0.103 e. The highest BCUT2D eigenvalue weighted by atomic mass is 32.2. The van der Waals surface area contributed by atoms with Gasteiger partial charge in [-0.25, -0.2) is 4.98 Å². The third kappa shape index (κ3) is 4.44. The lowest BCUT2D eigenvalue weighted by atomic mass is 10.3. The Balaban J connectivity index is 1.68. The summed E-state index contributed by atoms with van der Waals surface area (Å²) in [7, 11) is 0. The number of thiazole rings is 1. The molecule has 0 unspecified atom stereocenters. The summed E-state index contributed by atoms with van der Waals surface area (Å²) in [6.45, 7) is 5.56. The van der Waals surface area contributed by atoms with Crippen molar-refractivity contribution in [1.29, 1.82) is 0 Å². The molecule has 1 aliphatic rings. The van der Waals surface area contributed by atoms with Crippen molar-refractivity contribution >= 4 is 23.1 Å². The van der Waals surface area contributed by atoms with Crippen LogP contribution in [-0.2, 0) is 12.2 Å². The van der Waals surface area contributed by atoms with Crippen molar-refractivity contribution in [3.8, 4) is 0 Å². The van der Waals surface area contributed by atoms with Crippen molar-refractivity contribution in [3.63, 3.8) is 0 Å². The number of rotatable bonds is 7. The maximum absolute atomic E-state index is 4.66. The van der Waals surface area contributed by atoms with Gasteiger partial charge in [-0.15, -0.1) is 11.3 Å². The fourth-order valence-corrected chi connectivity index (χ4v) is 3.09. The Kier molecular flexibility index (Phi) is 4.67. The van der Waals surface area contributed by atoms with Gasteiger partial charge in [0.1, 0.15) is 5.01 Å². The summed E-state index contributed by atoms with van der Waals surface area (Å²) in [6, 6.07) is 0.814. The van der Waals surface area contributed by atoms with Gasteiger partial charge in [0.25, 0.3) is 0 Å². The molecule has 1 saturated carbocycles. The molecule has 1 N–H and O–H groups in total. The molecule has 1 fully saturated rings. The highest BCUT2D eigenvalue weighted by Crippen LogP contribution is 2.21. The van der Waals surface area contributed by atoms with Crippen LogP contribution in [0.2, 0.25) is 0 Å². The first kappa shape index (κ1) is 12.4. The second kappa shape index (κ2) is 6.03. The molecule has 0 spiro atoms. The van der Waals surface area contributed by atoms with Crippen LogP contribution in [0.3, 0.4) is 0 Å². The van der Waals surface area contributed by atoms with E-state index in [0.717, 1.165) is 24.8 Å². The van der Waals surface area contributed by atoms with Crippen LogP contribution in [0.4, 0.5) is 0 Å². The zero-order chi connectivity index (χ0) is 11.4. The van der Waals surface area contributed by atoms with Crippen molar-refractivity contribution in [2.45, 2.75) is 50.2 Å². The number of thioether (sulfide) groups is 1. The Morgan fingerprint density at radius 3 is 3.06 bits per heavy atom. The molecule has 0 bridgehead atoms. The predicted octanol–water partition coefficient (Wildman–Crippen LogP) is 3.08. The lowest BCUT2D eigenvalue weighted by Gasteiger charge is -2.01. The highest BCUT2D eigenvalue weighted by molar-refractivity contribution is 7.99. The molecule has 0 aliphatic heterocycles. The second-order valence-electron chi connectivity index (χ2n) is 4.57. The van der Waals surface area contributed by atoms with E-state index in [4.69, 9.17) is 0 Å². The van der Waals surface area contributed by atoms with Crippen LogP contribution in [0.5, 0.6) is 0 Å². The molecule has 1 heterocycles. The fraction of sp³-hybridized carbons (Fsp3) is 0.750. The largest absolute Gasteiger partial charge is 0.314 e. The molecule has 0 radical (unpaired) electrons. The van der Waals surface area contributed by atoms with E-state index < -0.39 is 0 Å². The second-order valence-corrected chi connectivity index (χ2v) is 7.08. The van der Waals surface area contributed by atoms with Crippen LogP contribution < -0.4 is 5.32 Å². The van der Waals surface area contributed by atoms with Crippen molar-refractivity contribution in [3.05, 3.63) is 16.1 Å². The van der Waals surface area contributed by atoms with Gasteiger partial charge in [0.05, 0.1) is 5.69 Å². The van der Waals surface area contributed by atoms with E-state index >= 15 is 0 Å². The van der Waals surface area contributed by atoms with Gasteiger partial charge in [0.2, 0.25) is 0 Å². The predicted molar refractivity (Wildman–Crippen MR) is 73.3 cm³/mol. The average Bonchev–Trinajstić information content (AvgIpc) is 2.94. The molecule has 2 nitrogen and oxygen atoms in total. The molecule has 0 atom stereocenters. The third-order valence-corrected chi connectivity index (χ3v) is 4.72. The van der Waals surface area contributed by atoms with Crippen LogP contribution in [0, 0.1) is 0 Å². The van der Waals surface area contributed by atoms with Gasteiger partial charge in [0, 0.05) is 30.1 Å². The van der Waals surface area contributed by atoms with Gasteiger partial charge in [0.15, 0.2) is 0 Å². The van der Waals surface area contributed by atoms with E-state index in [1.165, 1.54) is 23.5 Å². The van der Waals surface area contributed by atoms with Crippen LogP contribution in [0.25, 0.3) is 0 Å². The number of hydrogen-bond acceptors (Lipinski definition) is 4. The van der Waals surface area contributed by atoms with Crippen molar-refractivity contribution < 1.29 is 0 Å². The summed E-state index contributed by atoms with van der Waals surface area (Å²) in [4.78, 5) is 4.66. The van der Waals surface area contributed by atoms with Gasteiger partial charge >= 0.3 is 0 Å². The van der Waals surface area contributed by atoms with E-state index in [-0.39, 0.29) is 0 Å². The Labute approximate surface area is 106 Å².